The smallest absolute Gasteiger partial charge is 0.242 e. The van der Waals surface area contributed by atoms with E-state index in [-0.39, 0.29) is 5.91 Å². The van der Waals surface area contributed by atoms with Gasteiger partial charge in [0.05, 0.1) is 6.04 Å². The minimum atomic E-state index is -0.552. The maximum atomic E-state index is 11.3. The number of carbonyl (C=O) groups is 1. The third kappa shape index (κ3) is 3.08. The van der Waals surface area contributed by atoms with E-state index in [4.69, 9.17) is 5.73 Å². The van der Waals surface area contributed by atoms with Crippen LogP contribution in [0.3, 0.4) is 0 Å². The van der Waals surface area contributed by atoms with Gasteiger partial charge in [0.15, 0.2) is 0 Å². The molecule has 0 aliphatic rings. The van der Waals surface area contributed by atoms with Crippen LogP contribution in [0.25, 0.3) is 0 Å². The number of anilines is 1. The molecule has 1 atom stereocenters. The molecular formula is C9H12N2OS. The van der Waals surface area contributed by atoms with Gasteiger partial charge in [-0.3, -0.25) is 4.79 Å². The molecule has 3 nitrogen and oxygen atoms in total. The molecule has 3 N–H and O–H groups in total. The number of para-hydroxylation sites is 1. The van der Waals surface area contributed by atoms with Gasteiger partial charge in [0.1, 0.15) is 0 Å². The van der Waals surface area contributed by atoms with E-state index in [1.807, 2.05) is 30.3 Å². The van der Waals surface area contributed by atoms with Crippen molar-refractivity contribution >= 4 is 24.2 Å². The predicted molar refractivity (Wildman–Crippen MR) is 56.9 cm³/mol. The highest BCUT2D eigenvalue weighted by atomic mass is 32.1. The fourth-order valence-corrected chi connectivity index (χ4v) is 1.01. The zero-order chi connectivity index (χ0) is 9.68. The number of hydrogen-bond donors (Lipinski definition) is 3. The van der Waals surface area contributed by atoms with Crippen LogP contribution in [0.4, 0.5) is 5.69 Å². The van der Waals surface area contributed by atoms with E-state index < -0.39 is 6.04 Å². The zero-order valence-electron chi connectivity index (χ0n) is 7.10. The molecule has 1 rings (SSSR count). The second-order valence-corrected chi connectivity index (χ2v) is 3.01. The molecule has 1 aromatic rings. The summed E-state index contributed by atoms with van der Waals surface area (Å²) in [6.45, 7) is 0. The van der Waals surface area contributed by atoms with Gasteiger partial charge in [0, 0.05) is 11.4 Å². The van der Waals surface area contributed by atoms with Crippen molar-refractivity contribution in [1.82, 2.24) is 0 Å². The number of benzene rings is 1. The van der Waals surface area contributed by atoms with Gasteiger partial charge in [-0.1, -0.05) is 18.2 Å². The summed E-state index contributed by atoms with van der Waals surface area (Å²) in [7, 11) is 0. The third-order valence-electron chi connectivity index (χ3n) is 1.57. The van der Waals surface area contributed by atoms with Gasteiger partial charge in [-0.2, -0.15) is 12.6 Å². The van der Waals surface area contributed by atoms with Crippen LogP contribution in [0.15, 0.2) is 30.3 Å². The molecule has 0 aliphatic heterocycles. The summed E-state index contributed by atoms with van der Waals surface area (Å²) in [6, 6.07) is 8.65. The SMILES string of the molecule is NC(CS)C(=O)Nc1ccccc1. The average molecular weight is 196 g/mol. The molecule has 13 heavy (non-hydrogen) atoms. The van der Waals surface area contributed by atoms with E-state index >= 15 is 0 Å². The quantitative estimate of drug-likeness (QED) is 0.629. The number of amides is 1. The second kappa shape index (κ2) is 4.89. The Morgan fingerprint density at radius 3 is 2.62 bits per heavy atom. The monoisotopic (exact) mass is 196 g/mol. The summed E-state index contributed by atoms with van der Waals surface area (Å²) in [4.78, 5) is 11.3. The number of rotatable bonds is 3. The Labute approximate surface area is 82.7 Å². The lowest BCUT2D eigenvalue weighted by atomic mass is 10.3. The van der Waals surface area contributed by atoms with E-state index in [1.165, 1.54) is 0 Å². The molecule has 0 aliphatic carbocycles. The van der Waals surface area contributed by atoms with Crippen LogP contribution in [0.1, 0.15) is 0 Å². The van der Waals surface area contributed by atoms with Gasteiger partial charge >= 0.3 is 0 Å². The lowest BCUT2D eigenvalue weighted by molar-refractivity contribution is -0.116. The van der Waals surface area contributed by atoms with Crippen LogP contribution in [0.5, 0.6) is 0 Å². The van der Waals surface area contributed by atoms with Gasteiger partial charge in [0.2, 0.25) is 5.91 Å². The van der Waals surface area contributed by atoms with Crippen molar-refractivity contribution in [3.63, 3.8) is 0 Å². The van der Waals surface area contributed by atoms with Gasteiger partial charge in [-0.15, -0.1) is 0 Å². The lowest BCUT2D eigenvalue weighted by Crippen LogP contribution is -2.37. The fourth-order valence-electron chi connectivity index (χ4n) is 0.839. The zero-order valence-corrected chi connectivity index (χ0v) is 8.00. The maximum Gasteiger partial charge on any atom is 0.242 e. The number of hydrogen-bond acceptors (Lipinski definition) is 3. The van der Waals surface area contributed by atoms with Gasteiger partial charge in [0.25, 0.3) is 0 Å². The van der Waals surface area contributed by atoms with Crippen LogP contribution in [-0.2, 0) is 4.79 Å². The minimum absolute atomic E-state index is 0.207. The van der Waals surface area contributed by atoms with Gasteiger partial charge in [-0.05, 0) is 12.1 Å². The number of carbonyl (C=O) groups excluding carboxylic acids is 1. The first-order chi connectivity index (χ1) is 6.24. The number of thiol groups is 1. The van der Waals surface area contributed by atoms with Crippen molar-refractivity contribution in [1.29, 1.82) is 0 Å². The lowest BCUT2D eigenvalue weighted by Gasteiger charge is -2.08. The Bertz CT molecular complexity index is 276. The normalized spacial score (nSPS) is 12.2. The second-order valence-electron chi connectivity index (χ2n) is 2.64. The van der Waals surface area contributed by atoms with Crippen molar-refractivity contribution in [3.05, 3.63) is 30.3 Å². The number of nitrogens with one attached hydrogen (secondary N) is 1. The Morgan fingerprint density at radius 2 is 2.08 bits per heavy atom. The highest BCUT2D eigenvalue weighted by Crippen LogP contribution is 2.05. The predicted octanol–water partition coefficient (Wildman–Crippen LogP) is 0.882. The van der Waals surface area contributed by atoms with E-state index in [0.717, 1.165) is 5.69 Å². The summed E-state index contributed by atoms with van der Waals surface area (Å²) >= 11 is 3.94. The average Bonchev–Trinajstić information content (AvgIpc) is 2.18. The Morgan fingerprint density at radius 1 is 1.46 bits per heavy atom. The molecule has 0 heterocycles. The first-order valence-corrected chi connectivity index (χ1v) is 4.59. The molecule has 0 fully saturated rings. The number of nitrogens with two attached hydrogens (primary N) is 1. The van der Waals surface area contributed by atoms with E-state index in [2.05, 4.69) is 17.9 Å². The largest absolute Gasteiger partial charge is 0.325 e. The van der Waals surface area contributed by atoms with E-state index in [1.54, 1.807) is 0 Å². The Balaban J connectivity index is 2.55. The van der Waals surface area contributed by atoms with Crippen molar-refractivity contribution in [2.24, 2.45) is 5.73 Å². The van der Waals surface area contributed by atoms with Gasteiger partial charge in [-0.25, -0.2) is 0 Å². The Kier molecular flexibility index (Phi) is 3.79. The topological polar surface area (TPSA) is 55.1 Å². The molecule has 0 saturated heterocycles. The first kappa shape index (κ1) is 10.1. The van der Waals surface area contributed by atoms with E-state index in [9.17, 15) is 4.79 Å². The van der Waals surface area contributed by atoms with Crippen molar-refractivity contribution in [3.8, 4) is 0 Å². The molecular weight excluding hydrogens is 184 g/mol. The van der Waals surface area contributed by atoms with Crippen molar-refractivity contribution in [2.45, 2.75) is 6.04 Å². The van der Waals surface area contributed by atoms with Crippen LogP contribution in [0, 0.1) is 0 Å². The summed E-state index contributed by atoms with van der Waals surface area (Å²) in [5.74, 6) is 0.139. The molecule has 70 valence electrons. The van der Waals surface area contributed by atoms with E-state index in [0.29, 0.717) is 5.75 Å². The molecule has 1 aromatic carbocycles. The first-order valence-electron chi connectivity index (χ1n) is 3.96. The van der Waals surface area contributed by atoms with Crippen LogP contribution in [0.2, 0.25) is 0 Å². The standard InChI is InChI=1S/C9H12N2OS/c10-8(6-13)9(12)11-7-4-2-1-3-5-7/h1-5,8,13H,6,10H2,(H,11,12). The summed E-state index contributed by atoms with van der Waals surface area (Å²) in [6.07, 6.45) is 0. The summed E-state index contributed by atoms with van der Waals surface area (Å²) < 4.78 is 0. The molecule has 0 radical (unpaired) electrons. The fraction of sp³-hybridized carbons (Fsp3) is 0.222. The van der Waals surface area contributed by atoms with Crippen LogP contribution >= 0.6 is 12.6 Å². The molecule has 1 unspecified atom stereocenters. The minimum Gasteiger partial charge on any atom is -0.325 e. The van der Waals surface area contributed by atoms with Crippen LogP contribution in [-0.4, -0.2) is 17.7 Å². The highest BCUT2D eigenvalue weighted by molar-refractivity contribution is 7.80. The van der Waals surface area contributed by atoms with Gasteiger partial charge < -0.3 is 11.1 Å². The third-order valence-corrected chi connectivity index (χ3v) is 1.97. The molecule has 0 bridgehead atoms. The summed E-state index contributed by atoms with van der Waals surface area (Å²) in [5.41, 5.74) is 6.23. The maximum absolute atomic E-state index is 11.3. The molecule has 1 amide bonds. The summed E-state index contributed by atoms with van der Waals surface area (Å²) in [5, 5.41) is 2.68. The molecule has 0 aromatic heterocycles. The Hall–Kier alpha value is -1.00. The van der Waals surface area contributed by atoms with Crippen LogP contribution < -0.4 is 11.1 Å². The molecule has 0 saturated carbocycles. The molecule has 4 heteroatoms. The van der Waals surface area contributed by atoms with Crippen molar-refractivity contribution in [2.75, 3.05) is 11.1 Å². The molecule has 0 spiro atoms. The van der Waals surface area contributed by atoms with Crippen molar-refractivity contribution < 1.29 is 4.79 Å². The highest BCUT2D eigenvalue weighted by Gasteiger charge is 2.10.